The highest BCUT2D eigenvalue weighted by atomic mass is 15.5. The Labute approximate surface area is 196 Å². The predicted molar refractivity (Wildman–Crippen MR) is 134 cm³/mol. The number of pyridine rings is 1. The van der Waals surface area contributed by atoms with Gasteiger partial charge in [0.15, 0.2) is 5.65 Å². The zero-order valence-corrected chi connectivity index (χ0v) is 19.2. The Bertz CT molecular complexity index is 1660. The molecule has 0 fully saturated rings. The van der Waals surface area contributed by atoms with Crippen LogP contribution in [0.25, 0.3) is 50.1 Å². The highest BCUT2D eigenvalue weighted by Gasteiger charge is 2.17. The molecule has 0 unspecified atom stereocenters. The highest BCUT2D eigenvalue weighted by Crippen LogP contribution is 2.34. The van der Waals surface area contributed by atoms with E-state index >= 15 is 0 Å². The molecule has 6 aromatic rings. The molecule has 0 aliphatic heterocycles. The number of H-pyrrole nitrogens is 1. The molecule has 0 atom stereocenters. The maximum absolute atomic E-state index is 4.94. The Morgan fingerprint density at radius 1 is 0.882 bits per heavy atom. The van der Waals surface area contributed by atoms with Crippen molar-refractivity contribution in [2.24, 2.45) is 0 Å². The minimum atomic E-state index is 0.582. The molecular formula is C27H23N7. The van der Waals surface area contributed by atoms with E-state index in [1.165, 1.54) is 0 Å². The number of hydrogen-bond donors (Lipinski definition) is 1. The van der Waals surface area contributed by atoms with E-state index in [0.29, 0.717) is 5.82 Å². The van der Waals surface area contributed by atoms with Crippen molar-refractivity contribution in [1.82, 2.24) is 35.2 Å². The zero-order valence-electron chi connectivity index (χ0n) is 19.2. The summed E-state index contributed by atoms with van der Waals surface area (Å²) < 4.78 is 2.21. The molecule has 0 bridgehead atoms. The van der Waals surface area contributed by atoms with Crippen LogP contribution in [0.15, 0.2) is 66.7 Å². The third-order valence-corrected chi connectivity index (χ3v) is 6.24. The Balaban J connectivity index is 1.57. The quantitative estimate of drug-likeness (QED) is 0.382. The van der Waals surface area contributed by atoms with Crippen LogP contribution in [0.4, 0.5) is 0 Å². The van der Waals surface area contributed by atoms with Gasteiger partial charge in [-0.1, -0.05) is 55.5 Å². The molecule has 1 N–H and O–H groups in total. The molecule has 0 saturated carbocycles. The van der Waals surface area contributed by atoms with Crippen LogP contribution in [0.5, 0.6) is 0 Å². The van der Waals surface area contributed by atoms with Crippen LogP contribution in [0.1, 0.15) is 24.0 Å². The van der Waals surface area contributed by atoms with E-state index < -0.39 is 0 Å². The first-order valence-electron chi connectivity index (χ1n) is 11.4. The average Bonchev–Trinajstić information content (AvgIpc) is 3.52. The number of imidazole rings is 1. The molecular weight excluding hydrogens is 422 g/mol. The standard InChI is InChI=1S/C27H23N7/c1-4-24-29-25-16(2)14-17(3)28-27(25)34(24)23-11-7-8-18-15-19(12-13-21(18)23)20-9-5-6-10-22(20)26-30-32-33-31-26/h5-15H,4H2,1-3H3,(H,30,31,32,33). The number of nitrogens with zero attached hydrogens (tertiary/aromatic N) is 6. The summed E-state index contributed by atoms with van der Waals surface area (Å²) in [6.07, 6.45) is 0.821. The second-order valence-electron chi connectivity index (χ2n) is 8.46. The van der Waals surface area contributed by atoms with Crippen molar-refractivity contribution in [2.75, 3.05) is 0 Å². The third-order valence-electron chi connectivity index (χ3n) is 6.24. The molecule has 0 spiro atoms. The van der Waals surface area contributed by atoms with Crippen molar-refractivity contribution in [1.29, 1.82) is 0 Å². The smallest absolute Gasteiger partial charge is 0.205 e. The van der Waals surface area contributed by atoms with Crippen LogP contribution in [0.3, 0.4) is 0 Å². The molecule has 3 aromatic heterocycles. The molecule has 6 rings (SSSR count). The van der Waals surface area contributed by atoms with Crippen molar-refractivity contribution in [3.8, 4) is 28.2 Å². The molecule has 166 valence electrons. The summed E-state index contributed by atoms with van der Waals surface area (Å²) in [5.74, 6) is 1.59. The van der Waals surface area contributed by atoms with Gasteiger partial charge in [0.25, 0.3) is 0 Å². The summed E-state index contributed by atoms with van der Waals surface area (Å²) in [5.41, 5.74) is 8.21. The Morgan fingerprint density at radius 3 is 2.53 bits per heavy atom. The second-order valence-corrected chi connectivity index (χ2v) is 8.46. The van der Waals surface area contributed by atoms with E-state index in [4.69, 9.17) is 9.97 Å². The molecule has 3 heterocycles. The number of benzene rings is 3. The predicted octanol–water partition coefficient (Wildman–Crippen LogP) is 5.60. The van der Waals surface area contributed by atoms with Crippen molar-refractivity contribution in [3.63, 3.8) is 0 Å². The van der Waals surface area contributed by atoms with Gasteiger partial charge in [0, 0.05) is 23.1 Å². The number of rotatable bonds is 4. The minimum Gasteiger partial charge on any atom is -0.280 e. The van der Waals surface area contributed by atoms with Crippen LogP contribution in [0, 0.1) is 13.8 Å². The van der Waals surface area contributed by atoms with Crippen LogP contribution in [0.2, 0.25) is 0 Å². The normalized spacial score (nSPS) is 11.5. The number of aryl methyl sites for hydroxylation is 3. The Hall–Kier alpha value is -4.39. The van der Waals surface area contributed by atoms with Crippen molar-refractivity contribution >= 4 is 21.9 Å². The van der Waals surface area contributed by atoms with Gasteiger partial charge < -0.3 is 0 Å². The minimum absolute atomic E-state index is 0.582. The lowest BCUT2D eigenvalue weighted by Gasteiger charge is -2.13. The van der Waals surface area contributed by atoms with E-state index in [1.807, 2.05) is 25.1 Å². The fraction of sp³-hybridized carbons (Fsp3) is 0.148. The number of hydrogen-bond acceptors (Lipinski definition) is 5. The summed E-state index contributed by atoms with van der Waals surface area (Å²) in [4.78, 5) is 9.81. The molecule has 0 amide bonds. The number of tetrazole rings is 1. The fourth-order valence-corrected chi connectivity index (χ4v) is 4.73. The zero-order chi connectivity index (χ0) is 23.2. The number of nitrogens with one attached hydrogen (secondary N) is 1. The highest BCUT2D eigenvalue weighted by molar-refractivity contribution is 5.96. The SMILES string of the molecule is CCc1nc2c(C)cc(C)nc2n1-c1cccc2cc(-c3ccccc3-c3nn[nH]n3)ccc12. The van der Waals surface area contributed by atoms with Crippen molar-refractivity contribution in [3.05, 3.63) is 83.8 Å². The number of aromatic amines is 1. The summed E-state index contributed by atoms with van der Waals surface area (Å²) >= 11 is 0. The van der Waals surface area contributed by atoms with E-state index in [2.05, 4.69) is 87.6 Å². The number of aromatic nitrogens is 7. The summed E-state index contributed by atoms with van der Waals surface area (Å²) in [5, 5.41) is 16.9. The van der Waals surface area contributed by atoms with E-state index in [-0.39, 0.29) is 0 Å². The molecule has 7 nitrogen and oxygen atoms in total. The van der Waals surface area contributed by atoms with Crippen LogP contribution < -0.4 is 0 Å². The topological polar surface area (TPSA) is 85.2 Å². The lowest BCUT2D eigenvalue weighted by Crippen LogP contribution is -2.02. The van der Waals surface area contributed by atoms with Gasteiger partial charge in [0.05, 0.1) is 5.69 Å². The molecule has 34 heavy (non-hydrogen) atoms. The monoisotopic (exact) mass is 445 g/mol. The summed E-state index contributed by atoms with van der Waals surface area (Å²) in [6.45, 7) is 6.27. The largest absolute Gasteiger partial charge is 0.280 e. The van der Waals surface area contributed by atoms with Gasteiger partial charge in [-0.15, -0.1) is 10.2 Å². The van der Waals surface area contributed by atoms with Gasteiger partial charge in [0.1, 0.15) is 11.3 Å². The van der Waals surface area contributed by atoms with E-state index in [0.717, 1.165) is 67.8 Å². The van der Waals surface area contributed by atoms with Gasteiger partial charge in [-0.05, 0) is 59.3 Å². The van der Waals surface area contributed by atoms with Gasteiger partial charge in [-0.25, -0.2) is 9.97 Å². The summed E-state index contributed by atoms with van der Waals surface area (Å²) in [7, 11) is 0. The average molecular weight is 446 g/mol. The maximum Gasteiger partial charge on any atom is 0.205 e. The Morgan fingerprint density at radius 2 is 1.74 bits per heavy atom. The van der Waals surface area contributed by atoms with Gasteiger partial charge in [-0.3, -0.25) is 4.57 Å². The fourth-order valence-electron chi connectivity index (χ4n) is 4.73. The molecule has 7 heteroatoms. The van der Waals surface area contributed by atoms with Gasteiger partial charge >= 0.3 is 0 Å². The first kappa shape index (κ1) is 20.2. The number of fused-ring (bicyclic) bond motifs is 2. The van der Waals surface area contributed by atoms with Crippen LogP contribution in [-0.4, -0.2) is 35.2 Å². The Kier molecular flexibility index (Phi) is 4.69. The third kappa shape index (κ3) is 3.16. The maximum atomic E-state index is 4.94. The van der Waals surface area contributed by atoms with E-state index in [9.17, 15) is 0 Å². The van der Waals surface area contributed by atoms with E-state index in [1.54, 1.807) is 0 Å². The van der Waals surface area contributed by atoms with Crippen molar-refractivity contribution in [2.45, 2.75) is 27.2 Å². The second kappa shape index (κ2) is 7.88. The summed E-state index contributed by atoms with van der Waals surface area (Å²) in [6, 6.07) is 23.2. The van der Waals surface area contributed by atoms with Gasteiger partial charge in [0.2, 0.25) is 5.82 Å². The molecule has 0 aliphatic carbocycles. The van der Waals surface area contributed by atoms with Gasteiger partial charge in [-0.2, -0.15) is 5.21 Å². The molecule has 0 aliphatic rings. The molecule has 3 aromatic carbocycles. The first-order chi connectivity index (χ1) is 16.6. The molecule has 0 radical (unpaired) electrons. The van der Waals surface area contributed by atoms with Crippen molar-refractivity contribution < 1.29 is 0 Å². The first-order valence-corrected chi connectivity index (χ1v) is 11.4. The van der Waals surface area contributed by atoms with Crippen LogP contribution >= 0.6 is 0 Å². The molecule has 0 saturated heterocycles. The lowest BCUT2D eigenvalue weighted by molar-refractivity contribution is 0.881. The lowest BCUT2D eigenvalue weighted by atomic mass is 9.96. The van der Waals surface area contributed by atoms with Crippen LogP contribution in [-0.2, 0) is 6.42 Å².